The summed E-state index contributed by atoms with van der Waals surface area (Å²) in [6.45, 7) is 3.88. The fraction of sp³-hybridized carbons (Fsp3) is 0.750. The van der Waals surface area contributed by atoms with Crippen LogP contribution in [0.4, 0.5) is 0 Å². The highest BCUT2D eigenvalue weighted by atomic mass is 16.5. The van der Waals surface area contributed by atoms with Gasteiger partial charge in [0.2, 0.25) is 5.89 Å². The number of hydrogen-bond acceptors (Lipinski definition) is 5. The first-order valence-corrected chi connectivity index (χ1v) is 6.41. The molecule has 0 radical (unpaired) electrons. The number of aromatic nitrogens is 2. The van der Waals surface area contributed by atoms with Crippen molar-refractivity contribution in [3.8, 4) is 0 Å². The normalized spacial score (nSPS) is 28.7. The zero-order valence-corrected chi connectivity index (χ0v) is 10.4. The van der Waals surface area contributed by atoms with Gasteiger partial charge in [0.25, 0.3) is 0 Å². The SMILES string of the molecule is C[C@@H]1CN(Cc2nc(C3CC3)no2)C[C@H]1C(=O)O. The first kappa shape index (κ1) is 11.6. The van der Waals surface area contributed by atoms with Crippen molar-refractivity contribution in [1.29, 1.82) is 0 Å². The second-order valence-electron chi connectivity index (χ2n) is 5.44. The van der Waals surface area contributed by atoms with Crippen LogP contribution in [0.2, 0.25) is 0 Å². The smallest absolute Gasteiger partial charge is 0.308 e. The summed E-state index contributed by atoms with van der Waals surface area (Å²) in [5, 5.41) is 13.0. The number of rotatable bonds is 4. The van der Waals surface area contributed by atoms with E-state index in [0.29, 0.717) is 24.9 Å². The molecule has 2 heterocycles. The maximum atomic E-state index is 11.0. The maximum Gasteiger partial charge on any atom is 0.308 e. The number of carbonyl (C=O) groups is 1. The average Bonchev–Trinajstić information content (AvgIpc) is 2.95. The first-order chi connectivity index (χ1) is 8.63. The first-order valence-electron chi connectivity index (χ1n) is 6.41. The lowest BCUT2D eigenvalue weighted by Crippen LogP contribution is -2.23. The molecule has 0 bridgehead atoms. The van der Waals surface area contributed by atoms with E-state index in [9.17, 15) is 4.79 Å². The minimum atomic E-state index is -0.714. The Morgan fingerprint density at radius 1 is 1.50 bits per heavy atom. The maximum absolute atomic E-state index is 11.0. The van der Waals surface area contributed by atoms with E-state index in [1.165, 1.54) is 0 Å². The van der Waals surface area contributed by atoms with Crippen LogP contribution in [0.1, 0.15) is 37.4 Å². The van der Waals surface area contributed by atoms with Crippen LogP contribution in [-0.2, 0) is 11.3 Å². The van der Waals surface area contributed by atoms with Crippen molar-refractivity contribution in [3.05, 3.63) is 11.7 Å². The summed E-state index contributed by atoms with van der Waals surface area (Å²) in [6.07, 6.45) is 2.31. The monoisotopic (exact) mass is 251 g/mol. The summed E-state index contributed by atoms with van der Waals surface area (Å²) >= 11 is 0. The van der Waals surface area contributed by atoms with Gasteiger partial charge in [0.1, 0.15) is 0 Å². The third kappa shape index (κ3) is 2.25. The number of hydrogen-bond donors (Lipinski definition) is 1. The Labute approximate surface area is 105 Å². The van der Waals surface area contributed by atoms with Crippen LogP contribution in [0.25, 0.3) is 0 Å². The summed E-state index contributed by atoms with van der Waals surface area (Å²) in [4.78, 5) is 17.5. The number of carboxylic acids is 1. The molecule has 1 aliphatic carbocycles. The molecule has 2 atom stereocenters. The van der Waals surface area contributed by atoms with Gasteiger partial charge >= 0.3 is 5.97 Å². The van der Waals surface area contributed by atoms with Gasteiger partial charge in [-0.05, 0) is 18.8 Å². The Hall–Kier alpha value is -1.43. The summed E-state index contributed by atoms with van der Waals surface area (Å²) in [7, 11) is 0. The van der Waals surface area contributed by atoms with Crippen molar-refractivity contribution in [3.63, 3.8) is 0 Å². The van der Waals surface area contributed by atoms with Crippen LogP contribution in [0.5, 0.6) is 0 Å². The van der Waals surface area contributed by atoms with Crippen molar-refractivity contribution in [2.24, 2.45) is 11.8 Å². The van der Waals surface area contributed by atoms with Crippen LogP contribution >= 0.6 is 0 Å². The van der Waals surface area contributed by atoms with Crippen molar-refractivity contribution in [2.45, 2.75) is 32.2 Å². The average molecular weight is 251 g/mol. The largest absolute Gasteiger partial charge is 0.481 e. The summed E-state index contributed by atoms with van der Waals surface area (Å²) in [5.74, 6) is 1.09. The van der Waals surface area contributed by atoms with Gasteiger partial charge in [0, 0.05) is 19.0 Å². The van der Waals surface area contributed by atoms with Gasteiger partial charge in [0.05, 0.1) is 12.5 Å². The quantitative estimate of drug-likeness (QED) is 0.863. The van der Waals surface area contributed by atoms with Crippen molar-refractivity contribution >= 4 is 5.97 Å². The van der Waals surface area contributed by atoms with Crippen molar-refractivity contribution in [1.82, 2.24) is 15.0 Å². The van der Waals surface area contributed by atoms with Gasteiger partial charge < -0.3 is 9.63 Å². The van der Waals surface area contributed by atoms with E-state index in [1.807, 2.05) is 6.92 Å². The van der Waals surface area contributed by atoms with E-state index in [2.05, 4.69) is 15.0 Å². The van der Waals surface area contributed by atoms with Crippen LogP contribution in [0.15, 0.2) is 4.52 Å². The van der Waals surface area contributed by atoms with Crippen LogP contribution < -0.4 is 0 Å². The molecule has 3 rings (SSSR count). The Morgan fingerprint density at radius 3 is 2.89 bits per heavy atom. The van der Waals surface area contributed by atoms with Crippen LogP contribution in [0.3, 0.4) is 0 Å². The molecule has 1 aromatic heterocycles. The molecule has 2 fully saturated rings. The molecule has 6 heteroatoms. The molecule has 1 aromatic rings. The van der Waals surface area contributed by atoms with E-state index in [1.54, 1.807) is 0 Å². The summed E-state index contributed by atoms with van der Waals surface area (Å²) in [6, 6.07) is 0. The number of likely N-dealkylation sites (tertiary alicyclic amines) is 1. The fourth-order valence-electron chi connectivity index (χ4n) is 2.55. The molecule has 1 aliphatic heterocycles. The lowest BCUT2D eigenvalue weighted by atomic mass is 9.99. The van der Waals surface area contributed by atoms with Gasteiger partial charge in [-0.25, -0.2) is 0 Å². The topological polar surface area (TPSA) is 79.5 Å². The number of nitrogens with zero attached hydrogens (tertiary/aromatic N) is 3. The van der Waals surface area contributed by atoms with Crippen molar-refractivity contribution < 1.29 is 14.4 Å². The Morgan fingerprint density at radius 2 is 2.28 bits per heavy atom. The Balaban J connectivity index is 1.61. The van der Waals surface area contributed by atoms with Crippen molar-refractivity contribution in [2.75, 3.05) is 13.1 Å². The molecule has 0 spiro atoms. The molecule has 6 nitrogen and oxygen atoms in total. The van der Waals surface area contributed by atoms with E-state index < -0.39 is 5.97 Å². The molecule has 1 saturated heterocycles. The second kappa shape index (κ2) is 4.35. The lowest BCUT2D eigenvalue weighted by molar-refractivity contribution is -0.142. The van der Waals surface area contributed by atoms with E-state index >= 15 is 0 Å². The molecule has 18 heavy (non-hydrogen) atoms. The van der Waals surface area contributed by atoms with Crippen LogP contribution in [-0.4, -0.2) is 39.2 Å². The summed E-state index contributed by atoms with van der Waals surface area (Å²) in [5.41, 5.74) is 0. The molecule has 2 aliphatic rings. The van der Waals surface area contributed by atoms with E-state index in [-0.39, 0.29) is 11.8 Å². The van der Waals surface area contributed by atoms with Crippen LogP contribution in [0, 0.1) is 11.8 Å². The second-order valence-corrected chi connectivity index (χ2v) is 5.44. The third-order valence-corrected chi connectivity index (χ3v) is 3.79. The van der Waals surface area contributed by atoms with E-state index in [0.717, 1.165) is 25.2 Å². The predicted molar refractivity (Wildman–Crippen MR) is 61.8 cm³/mol. The van der Waals surface area contributed by atoms with Gasteiger partial charge in [0.15, 0.2) is 5.82 Å². The Kier molecular flexibility index (Phi) is 2.81. The zero-order chi connectivity index (χ0) is 12.7. The number of aliphatic carboxylic acids is 1. The molecular weight excluding hydrogens is 234 g/mol. The molecule has 0 unspecified atom stereocenters. The standard InChI is InChI=1S/C12H17N3O3/c1-7-4-15(5-9(7)12(16)17)6-10-13-11(14-18-10)8-2-3-8/h7-9H,2-6H2,1H3,(H,16,17)/t7-,9-/m1/s1. The minimum absolute atomic E-state index is 0.174. The van der Waals surface area contributed by atoms with Gasteiger partial charge in [-0.2, -0.15) is 4.98 Å². The number of carboxylic acid groups (broad SMARTS) is 1. The van der Waals surface area contributed by atoms with Gasteiger partial charge in [-0.15, -0.1) is 0 Å². The third-order valence-electron chi connectivity index (χ3n) is 3.79. The van der Waals surface area contributed by atoms with Gasteiger partial charge in [-0.1, -0.05) is 12.1 Å². The molecule has 98 valence electrons. The fourth-order valence-corrected chi connectivity index (χ4v) is 2.55. The zero-order valence-electron chi connectivity index (χ0n) is 10.4. The lowest BCUT2D eigenvalue weighted by Gasteiger charge is -2.11. The molecule has 0 aromatic carbocycles. The molecular formula is C12H17N3O3. The molecule has 1 N–H and O–H groups in total. The van der Waals surface area contributed by atoms with Gasteiger partial charge in [-0.3, -0.25) is 9.69 Å². The highest BCUT2D eigenvalue weighted by molar-refractivity contribution is 5.71. The molecule has 0 amide bonds. The molecule has 1 saturated carbocycles. The summed E-state index contributed by atoms with van der Waals surface area (Å²) < 4.78 is 5.21. The highest BCUT2D eigenvalue weighted by Crippen LogP contribution is 2.38. The Bertz CT molecular complexity index is 455. The van der Waals surface area contributed by atoms with E-state index in [4.69, 9.17) is 9.63 Å². The highest BCUT2D eigenvalue weighted by Gasteiger charge is 2.35. The predicted octanol–water partition coefficient (Wildman–Crippen LogP) is 1.10. The minimum Gasteiger partial charge on any atom is -0.481 e.